The zero-order valence-electron chi connectivity index (χ0n) is 5.42. The van der Waals surface area contributed by atoms with Crippen molar-refractivity contribution in [2.24, 2.45) is 5.73 Å². The average molecular weight is 145 g/mol. The van der Waals surface area contributed by atoms with Crippen LogP contribution in [-0.4, -0.2) is 31.2 Å². The molecule has 0 aliphatic rings. The molecule has 0 spiro atoms. The van der Waals surface area contributed by atoms with Gasteiger partial charge in [-0.1, -0.05) is 0 Å². The van der Waals surface area contributed by atoms with Crippen LogP contribution in [0, 0.1) is 0 Å². The van der Waals surface area contributed by atoms with Crippen LogP contribution in [-0.2, 0) is 19.1 Å². The molecular formula is C5H7NO4. The van der Waals surface area contributed by atoms with Gasteiger partial charge in [0.2, 0.25) is 5.78 Å². The first-order chi connectivity index (χ1) is 4.63. The normalized spacial score (nSPS) is 8.60. The lowest BCUT2D eigenvalue weighted by Gasteiger charge is -1.92. The summed E-state index contributed by atoms with van der Waals surface area (Å²) < 4.78 is 3.97. The standard InChI is InChI=1S/C5H7NO4/c1-10-5(9)4(8)3(7)2-6/h2,6H2,1H3. The molecule has 0 aromatic heterocycles. The number of ether oxygens (including phenoxy) is 1. The molecule has 5 heteroatoms. The van der Waals surface area contributed by atoms with Gasteiger partial charge in [-0.15, -0.1) is 0 Å². The fraction of sp³-hybridized carbons (Fsp3) is 0.400. The second-order valence-corrected chi connectivity index (χ2v) is 1.45. The quantitative estimate of drug-likeness (QED) is 0.289. The molecule has 0 aromatic rings. The Hall–Kier alpha value is -1.23. The zero-order chi connectivity index (χ0) is 8.15. The van der Waals surface area contributed by atoms with E-state index in [4.69, 9.17) is 5.73 Å². The summed E-state index contributed by atoms with van der Waals surface area (Å²) in [5, 5.41) is 0. The third-order valence-corrected chi connectivity index (χ3v) is 0.809. The first kappa shape index (κ1) is 8.77. The summed E-state index contributed by atoms with van der Waals surface area (Å²) in [6.07, 6.45) is 0. The van der Waals surface area contributed by atoms with Gasteiger partial charge in [-0.3, -0.25) is 9.59 Å². The minimum absolute atomic E-state index is 0.464. The van der Waals surface area contributed by atoms with Crippen LogP contribution < -0.4 is 5.73 Å². The Morgan fingerprint density at radius 1 is 1.40 bits per heavy atom. The fourth-order valence-electron chi connectivity index (χ4n) is 0.299. The van der Waals surface area contributed by atoms with Crippen molar-refractivity contribution in [2.45, 2.75) is 0 Å². The molecule has 0 fully saturated rings. The summed E-state index contributed by atoms with van der Waals surface area (Å²) >= 11 is 0. The number of Topliss-reactive ketones (excluding diaryl/α,β-unsaturated/α-hetero) is 2. The summed E-state index contributed by atoms with van der Waals surface area (Å²) in [6.45, 7) is -0.464. The lowest BCUT2D eigenvalue weighted by molar-refractivity contribution is -0.154. The minimum Gasteiger partial charge on any atom is -0.463 e. The highest BCUT2D eigenvalue weighted by Gasteiger charge is 2.21. The van der Waals surface area contributed by atoms with Gasteiger partial charge in [0.25, 0.3) is 0 Å². The Balaban J connectivity index is 4.09. The Kier molecular flexibility index (Phi) is 3.27. The molecule has 0 aliphatic carbocycles. The van der Waals surface area contributed by atoms with E-state index in [2.05, 4.69) is 4.74 Å². The van der Waals surface area contributed by atoms with Crippen LogP contribution in [0.2, 0.25) is 0 Å². The summed E-state index contributed by atoms with van der Waals surface area (Å²) in [5.41, 5.74) is 4.79. The van der Waals surface area contributed by atoms with E-state index in [1.807, 2.05) is 0 Å². The molecule has 0 radical (unpaired) electrons. The molecule has 0 heterocycles. The molecule has 56 valence electrons. The smallest absolute Gasteiger partial charge is 0.382 e. The molecule has 0 saturated heterocycles. The van der Waals surface area contributed by atoms with Crippen molar-refractivity contribution in [1.29, 1.82) is 0 Å². The number of methoxy groups -OCH3 is 1. The van der Waals surface area contributed by atoms with Crippen LogP contribution >= 0.6 is 0 Å². The van der Waals surface area contributed by atoms with E-state index < -0.39 is 24.1 Å². The van der Waals surface area contributed by atoms with Crippen molar-refractivity contribution < 1.29 is 19.1 Å². The van der Waals surface area contributed by atoms with Crippen LogP contribution in [0.3, 0.4) is 0 Å². The van der Waals surface area contributed by atoms with Gasteiger partial charge in [0.05, 0.1) is 13.7 Å². The maximum atomic E-state index is 10.4. The molecule has 0 saturated carbocycles. The molecule has 2 N–H and O–H groups in total. The van der Waals surface area contributed by atoms with Crippen LogP contribution in [0.25, 0.3) is 0 Å². The predicted octanol–water partition coefficient (Wildman–Crippen LogP) is -1.74. The van der Waals surface area contributed by atoms with Crippen molar-refractivity contribution in [3.63, 3.8) is 0 Å². The monoisotopic (exact) mass is 145 g/mol. The van der Waals surface area contributed by atoms with Crippen molar-refractivity contribution in [1.82, 2.24) is 0 Å². The Morgan fingerprint density at radius 2 is 1.90 bits per heavy atom. The summed E-state index contributed by atoms with van der Waals surface area (Å²) in [4.78, 5) is 31.0. The van der Waals surface area contributed by atoms with E-state index in [1.165, 1.54) is 0 Å². The Bertz CT molecular complexity index is 156. The molecule has 0 atom stereocenters. The number of ketones is 2. The van der Waals surface area contributed by atoms with E-state index in [9.17, 15) is 14.4 Å². The van der Waals surface area contributed by atoms with Gasteiger partial charge in [0.1, 0.15) is 0 Å². The maximum absolute atomic E-state index is 10.4. The fourth-order valence-corrected chi connectivity index (χ4v) is 0.299. The molecule has 0 aliphatic heterocycles. The van der Waals surface area contributed by atoms with Crippen LogP contribution in [0.1, 0.15) is 0 Å². The molecular weight excluding hydrogens is 138 g/mol. The highest BCUT2D eigenvalue weighted by molar-refractivity contribution is 6.62. The average Bonchev–Trinajstić information content (AvgIpc) is 2.00. The van der Waals surface area contributed by atoms with Gasteiger partial charge >= 0.3 is 11.8 Å². The predicted molar refractivity (Wildman–Crippen MR) is 31.1 cm³/mol. The van der Waals surface area contributed by atoms with Crippen molar-refractivity contribution in [2.75, 3.05) is 13.7 Å². The Labute approximate surface area is 57.1 Å². The third-order valence-electron chi connectivity index (χ3n) is 0.809. The number of esters is 1. The maximum Gasteiger partial charge on any atom is 0.382 e. The third kappa shape index (κ3) is 1.94. The molecule has 0 aromatic carbocycles. The lowest BCUT2D eigenvalue weighted by Crippen LogP contribution is -2.30. The van der Waals surface area contributed by atoms with E-state index in [0.717, 1.165) is 7.11 Å². The molecule has 0 amide bonds. The second-order valence-electron chi connectivity index (χ2n) is 1.45. The molecule has 0 bridgehead atoms. The van der Waals surface area contributed by atoms with Gasteiger partial charge in [-0.2, -0.15) is 0 Å². The van der Waals surface area contributed by atoms with Crippen molar-refractivity contribution in [3.8, 4) is 0 Å². The topological polar surface area (TPSA) is 86.5 Å². The second kappa shape index (κ2) is 3.73. The van der Waals surface area contributed by atoms with Crippen LogP contribution in [0.4, 0.5) is 0 Å². The lowest BCUT2D eigenvalue weighted by atomic mass is 10.3. The van der Waals surface area contributed by atoms with Crippen LogP contribution in [0.15, 0.2) is 0 Å². The molecule has 0 rings (SSSR count). The highest BCUT2D eigenvalue weighted by atomic mass is 16.5. The number of hydrogen-bond donors (Lipinski definition) is 1. The molecule has 5 nitrogen and oxygen atoms in total. The number of carbonyl (C=O) groups excluding carboxylic acids is 3. The zero-order valence-corrected chi connectivity index (χ0v) is 5.42. The summed E-state index contributed by atoms with van der Waals surface area (Å²) in [6, 6.07) is 0. The number of rotatable bonds is 3. The molecule has 10 heavy (non-hydrogen) atoms. The Morgan fingerprint density at radius 3 is 2.20 bits per heavy atom. The minimum atomic E-state index is -1.20. The summed E-state index contributed by atoms with van der Waals surface area (Å²) in [7, 11) is 1.02. The van der Waals surface area contributed by atoms with Crippen LogP contribution in [0.5, 0.6) is 0 Å². The first-order valence-electron chi connectivity index (χ1n) is 2.49. The van der Waals surface area contributed by atoms with Gasteiger partial charge in [0, 0.05) is 0 Å². The highest BCUT2D eigenvalue weighted by Crippen LogP contribution is 1.78. The van der Waals surface area contributed by atoms with E-state index >= 15 is 0 Å². The molecule has 0 unspecified atom stereocenters. The van der Waals surface area contributed by atoms with Crippen molar-refractivity contribution in [3.05, 3.63) is 0 Å². The van der Waals surface area contributed by atoms with E-state index in [1.54, 1.807) is 0 Å². The van der Waals surface area contributed by atoms with Gasteiger partial charge in [0.15, 0.2) is 0 Å². The largest absolute Gasteiger partial charge is 0.463 e. The SMILES string of the molecule is COC(=O)C(=O)C(=O)CN. The number of hydrogen-bond acceptors (Lipinski definition) is 5. The van der Waals surface area contributed by atoms with Gasteiger partial charge in [-0.05, 0) is 0 Å². The van der Waals surface area contributed by atoms with E-state index in [-0.39, 0.29) is 0 Å². The number of nitrogens with two attached hydrogens (primary N) is 1. The summed E-state index contributed by atoms with van der Waals surface area (Å²) in [5.74, 6) is -3.31. The van der Waals surface area contributed by atoms with Gasteiger partial charge < -0.3 is 10.5 Å². The first-order valence-corrected chi connectivity index (χ1v) is 2.49. The number of carbonyl (C=O) groups is 3. The van der Waals surface area contributed by atoms with Crippen molar-refractivity contribution >= 4 is 17.5 Å². The van der Waals surface area contributed by atoms with Gasteiger partial charge in [-0.25, -0.2) is 4.79 Å². The van der Waals surface area contributed by atoms with E-state index in [0.29, 0.717) is 0 Å².